The summed E-state index contributed by atoms with van der Waals surface area (Å²) in [4.78, 5) is 12.5. The molecule has 1 amide bonds. The third-order valence-electron chi connectivity index (χ3n) is 4.37. The number of hydrogen-bond acceptors (Lipinski definition) is 3. The molecule has 2 rings (SSSR count). The van der Waals surface area contributed by atoms with E-state index in [-0.39, 0.29) is 16.8 Å². The van der Waals surface area contributed by atoms with Crippen LogP contribution in [0.5, 0.6) is 0 Å². The maximum absolute atomic E-state index is 12.5. The Morgan fingerprint density at radius 1 is 1.08 bits per heavy atom. The third kappa shape index (κ3) is 4.80. The van der Waals surface area contributed by atoms with Crippen molar-refractivity contribution in [3.63, 3.8) is 0 Å². The van der Waals surface area contributed by atoms with Gasteiger partial charge in [0.15, 0.2) is 0 Å². The first kappa shape index (κ1) is 18.9. The van der Waals surface area contributed by atoms with Gasteiger partial charge in [-0.15, -0.1) is 0 Å². The van der Waals surface area contributed by atoms with Crippen molar-refractivity contribution in [2.24, 2.45) is 5.92 Å². The molecule has 0 saturated carbocycles. The van der Waals surface area contributed by atoms with E-state index in [2.05, 4.69) is 19.2 Å². The minimum Gasteiger partial charge on any atom is -0.350 e. The van der Waals surface area contributed by atoms with Gasteiger partial charge in [0.25, 0.3) is 5.91 Å². The Morgan fingerprint density at radius 3 is 2.21 bits per heavy atom. The molecule has 6 heteroatoms. The predicted octanol–water partition coefficient (Wildman–Crippen LogP) is 3.03. The Kier molecular flexibility index (Phi) is 6.40. The van der Waals surface area contributed by atoms with Crippen molar-refractivity contribution in [2.45, 2.75) is 57.4 Å². The van der Waals surface area contributed by atoms with E-state index in [1.165, 1.54) is 16.4 Å². The van der Waals surface area contributed by atoms with Gasteiger partial charge in [-0.05, 0) is 62.8 Å². The molecule has 1 N–H and O–H groups in total. The number of sulfonamides is 1. The maximum atomic E-state index is 12.5. The van der Waals surface area contributed by atoms with Crippen molar-refractivity contribution in [3.8, 4) is 0 Å². The quantitative estimate of drug-likeness (QED) is 0.820. The van der Waals surface area contributed by atoms with Crippen LogP contribution in [0.4, 0.5) is 0 Å². The lowest BCUT2D eigenvalue weighted by atomic mass is 10.0. The van der Waals surface area contributed by atoms with Crippen LogP contribution >= 0.6 is 0 Å². The van der Waals surface area contributed by atoms with E-state index >= 15 is 0 Å². The van der Waals surface area contributed by atoms with Crippen molar-refractivity contribution in [1.29, 1.82) is 0 Å². The molecule has 1 atom stereocenters. The van der Waals surface area contributed by atoms with E-state index in [0.717, 1.165) is 25.7 Å². The number of nitrogens with one attached hydrogen (secondary N) is 1. The Balaban J connectivity index is 1.99. The van der Waals surface area contributed by atoms with Crippen molar-refractivity contribution < 1.29 is 13.2 Å². The van der Waals surface area contributed by atoms with Crippen LogP contribution in [-0.4, -0.2) is 37.8 Å². The van der Waals surface area contributed by atoms with Crippen LogP contribution < -0.4 is 5.32 Å². The second kappa shape index (κ2) is 8.12. The molecule has 1 unspecified atom stereocenters. The van der Waals surface area contributed by atoms with Crippen LogP contribution in [0.15, 0.2) is 29.2 Å². The normalized spacial score (nSPS) is 17.2. The van der Waals surface area contributed by atoms with Crippen LogP contribution in [0.3, 0.4) is 0 Å². The molecule has 1 saturated heterocycles. The second-order valence-electron chi connectivity index (χ2n) is 6.98. The van der Waals surface area contributed by atoms with Gasteiger partial charge in [0.05, 0.1) is 4.90 Å². The summed E-state index contributed by atoms with van der Waals surface area (Å²) >= 11 is 0. The zero-order valence-electron chi connectivity index (χ0n) is 14.8. The molecule has 1 aliphatic rings. The first-order chi connectivity index (χ1) is 11.3. The van der Waals surface area contributed by atoms with Gasteiger partial charge in [-0.25, -0.2) is 8.42 Å². The van der Waals surface area contributed by atoms with Gasteiger partial charge in [-0.1, -0.05) is 13.8 Å². The van der Waals surface area contributed by atoms with E-state index in [4.69, 9.17) is 0 Å². The third-order valence-corrected chi connectivity index (χ3v) is 6.29. The first-order valence-corrected chi connectivity index (χ1v) is 10.2. The van der Waals surface area contributed by atoms with E-state index in [1.807, 2.05) is 6.92 Å². The fourth-order valence-corrected chi connectivity index (χ4v) is 4.34. The smallest absolute Gasteiger partial charge is 0.251 e. The largest absolute Gasteiger partial charge is 0.350 e. The molecule has 0 bridgehead atoms. The molecule has 0 radical (unpaired) electrons. The summed E-state index contributed by atoms with van der Waals surface area (Å²) in [7, 11) is -3.42. The molecular weight excluding hydrogens is 324 g/mol. The Labute approximate surface area is 145 Å². The van der Waals surface area contributed by atoms with Crippen LogP contribution in [0, 0.1) is 5.92 Å². The lowest BCUT2D eigenvalue weighted by Gasteiger charge is -2.17. The van der Waals surface area contributed by atoms with Crippen LogP contribution in [0.2, 0.25) is 0 Å². The molecule has 0 spiro atoms. The molecule has 1 aromatic rings. The Morgan fingerprint density at radius 2 is 1.67 bits per heavy atom. The lowest BCUT2D eigenvalue weighted by Crippen LogP contribution is -2.32. The molecule has 134 valence electrons. The maximum Gasteiger partial charge on any atom is 0.251 e. The van der Waals surface area contributed by atoms with Gasteiger partial charge in [0.1, 0.15) is 0 Å². The highest BCUT2D eigenvalue weighted by Crippen LogP contribution is 2.21. The molecule has 1 aromatic carbocycles. The SMILES string of the molecule is CC(C)CCC(C)NC(=O)c1ccc(S(=O)(=O)N2CCCC2)cc1. The van der Waals surface area contributed by atoms with Gasteiger partial charge in [0.2, 0.25) is 10.0 Å². The number of hydrogen-bond donors (Lipinski definition) is 1. The summed E-state index contributed by atoms with van der Waals surface area (Å²) in [6, 6.07) is 6.34. The standard InChI is InChI=1S/C18H28N2O3S/c1-14(2)6-7-15(3)19-18(21)16-8-10-17(11-9-16)24(22,23)20-12-4-5-13-20/h8-11,14-15H,4-7,12-13H2,1-3H3,(H,19,21). The summed E-state index contributed by atoms with van der Waals surface area (Å²) in [5.74, 6) is 0.454. The first-order valence-electron chi connectivity index (χ1n) is 8.72. The monoisotopic (exact) mass is 352 g/mol. The summed E-state index contributed by atoms with van der Waals surface area (Å²) < 4.78 is 26.4. The van der Waals surface area contributed by atoms with Crippen molar-refractivity contribution in [3.05, 3.63) is 29.8 Å². The minimum absolute atomic E-state index is 0.105. The fraction of sp³-hybridized carbons (Fsp3) is 0.611. The Hall–Kier alpha value is -1.40. The van der Waals surface area contributed by atoms with E-state index in [1.54, 1.807) is 12.1 Å². The van der Waals surface area contributed by atoms with Crippen LogP contribution in [0.1, 0.15) is 56.8 Å². The number of benzene rings is 1. The average molecular weight is 353 g/mol. The van der Waals surface area contributed by atoms with Gasteiger partial charge < -0.3 is 5.32 Å². The molecule has 1 aliphatic heterocycles. The van der Waals surface area contributed by atoms with Gasteiger partial charge in [-0.3, -0.25) is 4.79 Å². The molecule has 24 heavy (non-hydrogen) atoms. The van der Waals surface area contributed by atoms with Gasteiger partial charge in [-0.2, -0.15) is 4.31 Å². The number of carbonyl (C=O) groups excluding carboxylic acids is 1. The molecule has 5 nitrogen and oxygen atoms in total. The van der Waals surface area contributed by atoms with Crippen molar-refractivity contribution in [2.75, 3.05) is 13.1 Å². The minimum atomic E-state index is -3.42. The highest BCUT2D eigenvalue weighted by Gasteiger charge is 2.27. The molecule has 0 aromatic heterocycles. The number of amides is 1. The molecule has 1 fully saturated rings. The van der Waals surface area contributed by atoms with Crippen LogP contribution in [-0.2, 0) is 10.0 Å². The zero-order valence-corrected chi connectivity index (χ0v) is 15.6. The number of nitrogens with zero attached hydrogens (tertiary/aromatic N) is 1. The summed E-state index contributed by atoms with van der Waals surface area (Å²) in [5.41, 5.74) is 0.492. The average Bonchev–Trinajstić information content (AvgIpc) is 3.08. The second-order valence-corrected chi connectivity index (χ2v) is 8.92. The van der Waals surface area contributed by atoms with Gasteiger partial charge >= 0.3 is 0 Å². The van der Waals surface area contributed by atoms with Crippen molar-refractivity contribution in [1.82, 2.24) is 9.62 Å². The highest BCUT2D eigenvalue weighted by atomic mass is 32.2. The number of carbonyl (C=O) groups is 1. The topological polar surface area (TPSA) is 66.5 Å². The number of rotatable bonds is 7. The van der Waals surface area contributed by atoms with E-state index in [0.29, 0.717) is 24.6 Å². The van der Waals surface area contributed by atoms with E-state index < -0.39 is 10.0 Å². The Bertz CT molecular complexity index is 647. The summed E-state index contributed by atoms with van der Waals surface area (Å²) in [5, 5.41) is 2.97. The summed E-state index contributed by atoms with van der Waals surface area (Å²) in [6.45, 7) is 7.48. The molecular formula is C18H28N2O3S. The van der Waals surface area contributed by atoms with E-state index in [9.17, 15) is 13.2 Å². The molecule has 1 heterocycles. The zero-order chi connectivity index (χ0) is 17.7. The summed E-state index contributed by atoms with van der Waals surface area (Å²) in [6.07, 6.45) is 3.82. The molecule has 0 aliphatic carbocycles. The fourth-order valence-electron chi connectivity index (χ4n) is 2.82. The van der Waals surface area contributed by atoms with Crippen molar-refractivity contribution >= 4 is 15.9 Å². The predicted molar refractivity (Wildman–Crippen MR) is 95.4 cm³/mol. The van der Waals surface area contributed by atoms with Crippen LogP contribution in [0.25, 0.3) is 0 Å². The highest BCUT2D eigenvalue weighted by molar-refractivity contribution is 7.89. The van der Waals surface area contributed by atoms with Gasteiger partial charge in [0, 0.05) is 24.7 Å². The lowest BCUT2D eigenvalue weighted by molar-refractivity contribution is 0.0937.